The monoisotopic (exact) mass is 854 g/mol. The summed E-state index contributed by atoms with van der Waals surface area (Å²) in [6.07, 6.45) is 18.0. The molecule has 1 saturated carbocycles. The van der Waals surface area contributed by atoms with Crippen molar-refractivity contribution in [1.29, 1.82) is 0 Å². The van der Waals surface area contributed by atoms with E-state index in [1.165, 1.54) is 18.3 Å². The molecule has 0 bridgehead atoms. The molecular formula is C47H60F2N8O5. The average Bonchev–Trinajstić information content (AvgIpc) is 3.28. The maximum absolute atomic E-state index is 14.9. The number of nitrogens with one attached hydrogen (secondary N) is 3. The summed E-state index contributed by atoms with van der Waals surface area (Å²) in [5.41, 5.74) is 2.44. The molecule has 3 aliphatic heterocycles. The molecule has 13 nitrogen and oxygen atoms in total. The smallest absolute Gasteiger partial charge is 0.249 e. The van der Waals surface area contributed by atoms with Gasteiger partial charge in [0, 0.05) is 68.2 Å². The summed E-state index contributed by atoms with van der Waals surface area (Å²) in [6, 6.07) is 12.1. The molecule has 1 aliphatic carbocycles. The van der Waals surface area contributed by atoms with Crippen LogP contribution in [-0.4, -0.2) is 114 Å². The van der Waals surface area contributed by atoms with Crippen molar-refractivity contribution in [3.05, 3.63) is 90.3 Å². The Kier molecular flexibility index (Phi) is 16.5. The van der Waals surface area contributed by atoms with E-state index in [0.717, 1.165) is 108 Å². The first-order valence-electron chi connectivity index (χ1n) is 21.8. The van der Waals surface area contributed by atoms with E-state index in [2.05, 4.69) is 42.8 Å². The van der Waals surface area contributed by atoms with Gasteiger partial charge in [-0.25, -0.2) is 18.7 Å². The van der Waals surface area contributed by atoms with E-state index < -0.39 is 17.5 Å². The van der Waals surface area contributed by atoms with Crippen LogP contribution in [0.25, 0.3) is 11.3 Å². The fourth-order valence-corrected chi connectivity index (χ4v) is 8.65. The van der Waals surface area contributed by atoms with Crippen LogP contribution in [0, 0.1) is 17.6 Å². The zero-order chi connectivity index (χ0) is 44.1. The number of carbonyl (C=O) groups excluding carboxylic acids is 4. The molecule has 332 valence electrons. The molecule has 4 N–H and O–H groups in total. The average molecular weight is 855 g/mol. The Labute approximate surface area is 363 Å². The lowest BCUT2D eigenvalue weighted by Gasteiger charge is -2.39. The zero-order valence-corrected chi connectivity index (χ0v) is 35.8. The molecule has 0 spiro atoms. The van der Waals surface area contributed by atoms with Gasteiger partial charge in [-0.05, 0) is 126 Å². The summed E-state index contributed by atoms with van der Waals surface area (Å²) in [7, 11) is 3.96. The molecular weight excluding hydrogens is 795 g/mol. The van der Waals surface area contributed by atoms with Crippen molar-refractivity contribution < 1.29 is 33.1 Å². The molecule has 3 saturated heterocycles. The third-order valence-electron chi connectivity index (χ3n) is 12.5. The van der Waals surface area contributed by atoms with Crippen molar-refractivity contribution >= 4 is 41.7 Å². The number of anilines is 3. The number of piperidine rings is 3. The molecule has 3 aromatic rings. The van der Waals surface area contributed by atoms with Crippen LogP contribution < -0.4 is 20.9 Å². The third-order valence-corrected chi connectivity index (χ3v) is 12.5. The number of rotatable bonds is 14. The molecule has 4 aliphatic rings. The SMILES string of the molecule is CN(/C=C\C=C/C=O)c1cccc(-c2nc(NC3CCCC(C=O)C3)ncc2F)c1.CN1CCC(O)(CCN2CCC(c3ccc(NC4CCC(=O)NC4=O)cc3F)CC2)CC1. The largest absolute Gasteiger partial charge is 0.390 e. The number of aromatic nitrogens is 2. The summed E-state index contributed by atoms with van der Waals surface area (Å²) in [6.45, 7) is 4.62. The summed E-state index contributed by atoms with van der Waals surface area (Å²) < 4.78 is 29.4. The second kappa shape index (κ2) is 22.1. The van der Waals surface area contributed by atoms with Crippen LogP contribution in [0.1, 0.15) is 82.1 Å². The minimum absolute atomic E-state index is 0.0535. The summed E-state index contributed by atoms with van der Waals surface area (Å²) in [4.78, 5) is 59.6. The van der Waals surface area contributed by atoms with Crippen LogP contribution in [0.2, 0.25) is 0 Å². The van der Waals surface area contributed by atoms with Crippen LogP contribution in [0.3, 0.4) is 0 Å². The Balaban J connectivity index is 0.000000207. The zero-order valence-electron chi connectivity index (χ0n) is 35.8. The fraction of sp³-hybridized carbons (Fsp3) is 0.489. The first-order chi connectivity index (χ1) is 29.9. The summed E-state index contributed by atoms with van der Waals surface area (Å²) in [5, 5.41) is 19.4. The van der Waals surface area contributed by atoms with Gasteiger partial charge in [0.05, 0.1) is 11.8 Å². The number of aliphatic hydroxyl groups is 1. The standard InChI is InChI=1S/C24H35FN4O3.C23H25FN4O2/c1-28-13-8-24(32,9-14-28)10-15-29-11-6-17(7-12-29)19-3-2-18(16-20(19)25)26-21-4-5-22(30)27-23(21)31;1-28(11-3-2-4-12-29)20-10-6-8-18(14-20)22-21(24)15-25-23(27-22)26-19-9-5-7-17(13-19)16-30/h2-3,16-17,21,26,32H,4-15H2,1H3,(H,27,30,31);2-4,6,8,10-12,14-17,19H,5,7,9,13H2,1H3,(H,25,26,27)/b;4-2-,11-3-. The lowest BCUT2D eigenvalue weighted by molar-refractivity contribution is -0.133. The van der Waals surface area contributed by atoms with E-state index in [0.29, 0.717) is 29.9 Å². The van der Waals surface area contributed by atoms with Crippen molar-refractivity contribution in [3.8, 4) is 11.3 Å². The minimum Gasteiger partial charge on any atom is -0.390 e. The maximum atomic E-state index is 14.9. The number of carbonyl (C=O) groups is 4. The quantitative estimate of drug-likeness (QED) is 0.0628. The fourth-order valence-electron chi connectivity index (χ4n) is 8.65. The van der Waals surface area contributed by atoms with E-state index in [-0.39, 0.29) is 47.6 Å². The van der Waals surface area contributed by atoms with Crippen LogP contribution in [0.15, 0.2) is 73.1 Å². The first-order valence-corrected chi connectivity index (χ1v) is 21.8. The van der Waals surface area contributed by atoms with Gasteiger partial charge in [-0.15, -0.1) is 0 Å². The predicted octanol–water partition coefficient (Wildman–Crippen LogP) is 6.23. The van der Waals surface area contributed by atoms with E-state index >= 15 is 0 Å². The number of amides is 2. The van der Waals surface area contributed by atoms with Crippen LogP contribution in [0.4, 0.5) is 26.1 Å². The molecule has 4 heterocycles. The van der Waals surface area contributed by atoms with E-state index in [4.69, 9.17) is 0 Å². The van der Waals surface area contributed by atoms with Crippen molar-refractivity contribution in [2.75, 3.05) is 62.4 Å². The Morgan fingerprint density at radius 3 is 2.47 bits per heavy atom. The van der Waals surface area contributed by atoms with Gasteiger partial charge in [0.25, 0.3) is 0 Å². The number of aldehydes is 2. The van der Waals surface area contributed by atoms with Gasteiger partial charge in [-0.1, -0.05) is 30.7 Å². The van der Waals surface area contributed by atoms with E-state index in [9.17, 15) is 33.1 Å². The maximum Gasteiger partial charge on any atom is 0.249 e. The number of likely N-dealkylation sites (tertiary alicyclic amines) is 2. The lowest BCUT2D eigenvalue weighted by Crippen LogP contribution is -2.47. The molecule has 62 heavy (non-hydrogen) atoms. The molecule has 7 rings (SSSR count). The second-order valence-corrected chi connectivity index (χ2v) is 17.1. The third kappa shape index (κ3) is 13.1. The first kappa shape index (κ1) is 46.1. The van der Waals surface area contributed by atoms with Crippen LogP contribution >= 0.6 is 0 Å². The normalized spacial score (nSPS) is 22.4. The van der Waals surface area contributed by atoms with Crippen molar-refractivity contribution in [1.82, 2.24) is 25.1 Å². The highest BCUT2D eigenvalue weighted by atomic mass is 19.1. The Morgan fingerprint density at radius 2 is 1.74 bits per heavy atom. The minimum atomic E-state index is -0.541. The topological polar surface area (TPSA) is 160 Å². The van der Waals surface area contributed by atoms with Gasteiger partial charge in [0.1, 0.15) is 30.1 Å². The molecule has 3 unspecified atom stereocenters. The predicted molar refractivity (Wildman–Crippen MR) is 237 cm³/mol. The van der Waals surface area contributed by atoms with Crippen LogP contribution in [0.5, 0.6) is 0 Å². The van der Waals surface area contributed by atoms with Gasteiger partial charge in [0.2, 0.25) is 17.8 Å². The molecule has 4 fully saturated rings. The van der Waals surface area contributed by atoms with Crippen LogP contribution in [-0.2, 0) is 19.2 Å². The Hall–Kier alpha value is -5.38. The number of benzene rings is 2. The molecule has 2 amide bonds. The molecule has 1 aromatic heterocycles. The van der Waals surface area contributed by atoms with Crippen molar-refractivity contribution in [2.24, 2.45) is 5.92 Å². The highest BCUT2D eigenvalue weighted by molar-refractivity contribution is 6.01. The number of hydrogen-bond donors (Lipinski definition) is 4. The molecule has 15 heteroatoms. The number of hydrogen-bond acceptors (Lipinski definition) is 12. The Morgan fingerprint density at radius 1 is 0.952 bits per heavy atom. The highest BCUT2D eigenvalue weighted by Crippen LogP contribution is 2.33. The van der Waals surface area contributed by atoms with Gasteiger partial charge in [-0.2, -0.15) is 0 Å². The van der Waals surface area contributed by atoms with E-state index in [1.807, 2.05) is 42.3 Å². The van der Waals surface area contributed by atoms with E-state index in [1.54, 1.807) is 24.4 Å². The van der Waals surface area contributed by atoms with Gasteiger partial charge < -0.3 is 35.2 Å². The molecule has 2 aromatic carbocycles. The Bertz CT molecular complexity index is 2070. The van der Waals surface area contributed by atoms with Gasteiger partial charge in [0.15, 0.2) is 5.82 Å². The van der Waals surface area contributed by atoms with Crippen molar-refractivity contribution in [2.45, 2.75) is 94.2 Å². The molecule has 3 atom stereocenters. The number of allylic oxidation sites excluding steroid dienone is 3. The number of nitrogens with zero attached hydrogens (tertiary/aromatic N) is 5. The summed E-state index contributed by atoms with van der Waals surface area (Å²) >= 11 is 0. The lowest BCUT2D eigenvalue weighted by atomic mass is 9.86. The second-order valence-electron chi connectivity index (χ2n) is 17.1. The van der Waals surface area contributed by atoms with Crippen molar-refractivity contribution in [3.63, 3.8) is 0 Å². The van der Waals surface area contributed by atoms with Gasteiger partial charge in [-0.3, -0.25) is 19.7 Å². The number of imide groups is 1. The number of halogens is 2. The molecule has 0 radical (unpaired) electrons. The van der Waals surface area contributed by atoms with Gasteiger partial charge >= 0.3 is 0 Å². The highest BCUT2D eigenvalue weighted by Gasteiger charge is 2.33. The summed E-state index contributed by atoms with van der Waals surface area (Å²) in [5.74, 6) is -0.772.